The zero-order valence-corrected chi connectivity index (χ0v) is 21.8. The highest BCUT2D eigenvalue weighted by Gasteiger charge is 2.34. The zero-order valence-electron chi connectivity index (χ0n) is 21.0. The zero-order chi connectivity index (χ0) is 26.3. The molecule has 6 heteroatoms. The molecule has 3 heterocycles. The third-order valence-electron chi connectivity index (χ3n) is 7.48. The maximum atomic E-state index is 13.8. The summed E-state index contributed by atoms with van der Waals surface area (Å²) in [7, 11) is 0. The van der Waals surface area contributed by atoms with Crippen LogP contribution in [-0.4, -0.2) is 22.5 Å². The van der Waals surface area contributed by atoms with Crippen LogP contribution >= 0.6 is 11.6 Å². The number of aromatic amines is 1. The van der Waals surface area contributed by atoms with Crippen LogP contribution in [0.25, 0.3) is 11.0 Å². The van der Waals surface area contributed by atoms with E-state index < -0.39 is 5.60 Å². The van der Waals surface area contributed by atoms with Gasteiger partial charge in [-0.2, -0.15) is 0 Å². The monoisotopic (exact) mass is 523 g/mol. The van der Waals surface area contributed by atoms with Crippen molar-refractivity contribution in [3.63, 3.8) is 0 Å². The topological polar surface area (TPSA) is 67.8 Å². The summed E-state index contributed by atoms with van der Waals surface area (Å²) >= 11 is 6.70. The fourth-order valence-electron chi connectivity index (χ4n) is 5.45. The molecule has 0 aliphatic carbocycles. The lowest BCUT2D eigenvalue weighted by molar-refractivity contribution is -0.378. The van der Waals surface area contributed by atoms with Crippen molar-refractivity contribution in [2.45, 2.75) is 31.4 Å². The van der Waals surface area contributed by atoms with E-state index in [0.29, 0.717) is 22.9 Å². The summed E-state index contributed by atoms with van der Waals surface area (Å²) in [6.07, 6.45) is 4.56. The fourth-order valence-corrected chi connectivity index (χ4v) is 5.75. The van der Waals surface area contributed by atoms with E-state index in [4.69, 9.17) is 16.0 Å². The average molecular weight is 524 g/mol. The summed E-state index contributed by atoms with van der Waals surface area (Å²) in [6, 6.07) is 27.1. The van der Waals surface area contributed by atoms with Crippen LogP contribution in [0.1, 0.15) is 46.5 Å². The number of H-pyrrole nitrogens is 1. The second kappa shape index (κ2) is 9.75. The van der Waals surface area contributed by atoms with Gasteiger partial charge in [-0.3, -0.25) is 4.79 Å². The van der Waals surface area contributed by atoms with Crippen LogP contribution in [0.4, 0.5) is 0 Å². The molecule has 2 atom stereocenters. The Labute approximate surface area is 226 Å². The van der Waals surface area contributed by atoms with E-state index in [0.717, 1.165) is 34.1 Å². The normalized spacial score (nSPS) is 16.7. The van der Waals surface area contributed by atoms with E-state index in [9.17, 15) is 9.90 Å². The molecule has 6 rings (SSSR count). The van der Waals surface area contributed by atoms with Crippen LogP contribution in [0.3, 0.4) is 0 Å². The van der Waals surface area contributed by atoms with Crippen LogP contribution in [0.15, 0.2) is 102 Å². The molecule has 5 aromatic rings. The van der Waals surface area contributed by atoms with Crippen LogP contribution in [0.2, 0.25) is 5.02 Å². The summed E-state index contributed by atoms with van der Waals surface area (Å²) < 4.78 is 6.02. The van der Waals surface area contributed by atoms with E-state index in [1.807, 2.05) is 71.6 Å². The Bertz CT molecular complexity index is 1610. The predicted octanol–water partition coefficient (Wildman–Crippen LogP) is 5.87. The minimum Gasteiger partial charge on any atom is -0.458 e. The molecule has 1 aliphatic rings. The Morgan fingerprint density at radius 3 is 2.63 bits per heavy atom. The third-order valence-corrected chi connectivity index (χ3v) is 7.81. The molecule has 0 spiro atoms. The number of aliphatic hydroxyl groups is 1. The molecule has 0 fully saturated rings. The number of hydrogen-bond acceptors (Lipinski definition) is 3. The third kappa shape index (κ3) is 4.38. The molecule has 5 nitrogen and oxygen atoms in total. The van der Waals surface area contributed by atoms with Gasteiger partial charge in [0.1, 0.15) is 16.9 Å². The molecule has 38 heavy (non-hydrogen) atoms. The van der Waals surface area contributed by atoms with Gasteiger partial charge < -0.3 is 14.4 Å². The van der Waals surface area contributed by atoms with Gasteiger partial charge in [-0.1, -0.05) is 60.1 Å². The van der Waals surface area contributed by atoms with Gasteiger partial charge in [0.25, 0.3) is 0 Å². The summed E-state index contributed by atoms with van der Waals surface area (Å²) in [6.45, 7) is 2.34. The number of benzene rings is 3. The molecule has 2 unspecified atom stereocenters. The van der Waals surface area contributed by atoms with E-state index in [1.165, 1.54) is 5.56 Å². The summed E-state index contributed by atoms with van der Waals surface area (Å²) in [5.74, 6) is 0.494. The first-order valence-electron chi connectivity index (χ1n) is 12.8. The Balaban J connectivity index is 1.30. The lowest BCUT2D eigenvalue weighted by Gasteiger charge is -2.38. The number of aromatic nitrogens is 1. The molecule has 3 aromatic carbocycles. The number of halogens is 1. The van der Waals surface area contributed by atoms with Gasteiger partial charge in [0.05, 0.1) is 12.5 Å². The van der Waals surface area contributed by atoms with E-state index in [-0.39, 0.29) is 18.4 Å². The molecule has 0 bridgehead atoms. The summed E-state index contributed by atoms with van der Waals surface area (Å²) in [5.41, 5.74) is 4.24. The largest absolute Gasteiger partial charge is 0.458 e. The van der Waals surface area contributed by atoms with E-state index >= 15 is 0 Å². The first-order chi connectivity index (χ1) is 18.4. The van der Waals surface area contributed by atoms with Crippen molar-refractivity contribution < 1.29 is 19.3 Å². The number of pyridine rings is 1. The predicted molar refractivity (Wildman–Crippen MR) is 147 cm³/mol. The molecule has 0 saturated heterocycles. The number of carbonyl (C=O) groups is 1. The number of amides is 1. The summed E-state index contributed by atoms with van der Waals surface area (Å²) in [4.78, 5) is 18.7. The number of fused-ring (bicyclic) bond motifs is 2. The van der Waals surface area contributed by atoms with Gasteiger partial charge in [-0.25, -0.2) is 4.98 Å². The number of hydrogen-bond donors (Lipinski definition) is 1. The lowest BCUT2D eigenvalue weighted by Crippen LogP contribution is -2.41. The molecular weight excluding hydrogens is 496 g/mol. The van der Waals surface area contributed by atoms with Gasteiger partial charge in [0, 0.05) is 40.2 Å². The van der Waals surface area contributed by atoms with Gasteiger partial charge in [-0.15, -0.1) is 0 Å². The van der Waals surface area contributed by atoms with Crippen molar-refractivity contribution in [1.29, 1.82) is 0 Å². The molecule has 0 saturated carbocycles. The first-order valence-corrected chi connectivity index (χ1v) is 13.1. The van der Waals surface area contributed by atoms with Crippen LogP contribution in [0, 0.1) is 0 Å². The smallest absolute Gasteiger partial charge is 0.227 e. The molecular formula is C32H28ClN2O3+. The fraction of sp³-hybridized carbons (Fsp3) is 0.188. The minimum atomic E-state index is -1.28. The summed E-state index contributed by atoms with van der Waals surface area (Å²) in [5, 5.41) is 12.7. The number of nitrogens with zero attached hydrogens (tertiary/aromatic N) is 1. The SMILES string of the molecule is CC(O)(c1cc[nH+]cc1)c1cc2cc(CC(=O)N3CCc4cccc(Cl)c4C3c3ccccc3)ccc2o1. The minimum absolute atomic E-state index is 0.0417. The molecule has 1 aliphatic heterocycles. The van der Waals surface area contributed by atoms with Crippen LogP contribution in [0.5, 0.6) is 0 Å². The van der Waals surface area contributed by atoms with Crippen molar-refractivity contribution in [1.82, 2.24) is 4.90 Å². The standard InChI is InChI=1S/C32H27ClN2O3/c1-32(37,25-12-15-34-16-13-25)28-20-24-18-21(10-11-27(24)38-28)19-29(36)35-17-14-22-8-5-9-26(33)30(22)31(35)23-6-3-2-4-7-23/h2-13,15-16,18,20,31,37H,14,17,19H2,1H3/p+1. The molecule has 190 valence electrons. The molecule has 2 N–H and O–H groups in total. The van der Waals surface area contributed by atoms with Crippen molar-refractivity contribution >= 4 is 28.5 Å². The molecule has 2 aromatic heterocycles. The van der Waals surface area contributed by atoms with Crippen LogP contribution in [-0.2, 0) is 23.2 Å². The van der Waals surface area contributed by atoms with Gasteiger partial charge >= 0.3 is 0 Å². The average Bonchev–Trinajstić information content (AvgIpc) is 3.38. The van der Waals surface area contributed by atoms with Gasteiger partial charge in [-0.05, 0) is 54.3 Å². The Hall–Kier alpha value is -3.93. The highest BCUT2D eigenvalue weighted by atomic mass is 35.5. The Morgan fingerprint density at radius 2 is 1.84 bits per heavy atom. The van der Waals surface area contributed by atoms with Gasteiger partial charge in [0.2, 0.25) is 5.91 Å². The second-order valence-corrected chi connectivity index (χ2v) is 10.4. The number of nitrogens with one attached hydrogen (secondary N) is 1. The van der Waals surface area contributed by atoms with Crippen LogP contribution < -0.4 is 4.98 Å². The maximum Gasteiger partial charge on any atom is 0.227 e. The van der Waals surface area contributed by atoms with E-state index in [1.54, 1.807) is 19.3 Å². The van der Waals surface area contributed by atoms with Crippen molar-refractivity contribution in [3.8, 4) is 0 Å². The van der Waals surface area contributed by atoms with Crippen molar-refractivity contribution in [3.05, 3.63) is 136 Å². The van der Waals surface area contributed by atoms with Crippen molar-refractivity contribution in [2.75, 3.05) is 6.54 Å². The first kappa shape index (κ1) is 24.4. The van der Waals surface area contributed by atoms with Crippen molar-refractivity contribution in [2.24, 2.45) is 0 Å². The van der Waals surface area contributed by atoms with Gasteiger partial charge in [0.15, 0.2) is 12.4 Å². The van der Waals surface area contributed by atoms with E-state index in [2.05, 4.69) is 23.2 Å². The molecule has 0 radical (unpaired) electrons. The Morgan fingerprint density at radius 1 is 1.05 bits per heavy atom. The number of rotatable bonds is 5. The maximum absolute atomic E-state index is 13.8. The lowest BCUT2D eigenvalue weighted by atomic mass is 9.87. The second-order valence-electron chi connectivity index (χ2n) is 9.98. The molecule has 1 amide bonds. The number of carbonyl (C=O) groups excluding carboxylic acids is 1. The quantitative estimate of drug-likeness (QED) is 0.313. The Kier molecular flexibility index (Phi) is 6.26. The highest BCUT2D eigenvalue weighted by Crippen LogP contribution is 2.40. The highest BCUT2D eigenvalue weighted by molar-refractivity contribution is 6.31. The number of furan rings is 1.